The van der Waals surface area contributed by atoms with E-state index in [4.69, 9.17) is 0 Å². The highest BCUT2D eigenvalue weighted by Crippen LogP contribution is 2.52. The fourth-order valence-electron chi connectivity index (χ4n) is 2.13. The number of carbonyl (C=O) groups is 1. The van der Waals surface area contributed by atoms with Crippen LogP contribution in [0.3, 0.4) is 0 Å². The summed E-state index contributed by atoms with van der Waals surface area (Å²) in [5.41, 5.74) is -1.24. The van der Waals surface area contributed by atoms with E-state index in [-0.39, 0.29) is 11.3 Å². The Labute approximate surface area is 97.7 Å². The molecule has 0 atom stereocenters. The van der Waals surface area contributed by atoms with Gasteiger partial charge in [-0.2, -0.15) is 0 Å². The standard InChI is InChI=1S/C12H13F2NO2/c1-15(2)10-8(14)4-3-7(13)9(10)12(5-6-12)11(16)17/h3-4H,5-6H2,1-2H3,(H,16,17). The van der Waals surface area contributed by atoms with Crippen molar-refractivity contribution in [3.05, 3.63) is 29.3 Å². The molecule has 0 amide bonds. The third-order valence-electron chi connectivity index (χ3n) is 3.16. The van der Waals surface area contributed by atoms with Gasteiger partial charge in [0.1, 0.15) is 11.6 Å². The first kappa shape index (κ1) is 11.8. The highest BCUT2D eigenvalue weighted by Gasteiger charge is 2.55. The molecule has 1 aromatic carbocycles. The van der Waals surface area contributed by atoms with Crippen LogP contribution >= 0.6 is 0 Å². The van der Waals surface area contributed by atoms with Gasteiger partial charge in [0.25, 0.3) is 0 Å². The van der Waals surface area contributed by atoms with Gasteiger partial charge in [-0.3, -0.25) is 4.79 Å². The lowest BCUT2D eigenvalue weighted by atomic mass is 9.93. The van der Waals surface area contributed by atoms with Crippen LogP contribution in [0.1, 0.15) is 18.4 Å². The summed E-state index contributed by atoms with van der Waals surface area (Å²) in [5, 5.41) is 9.17. The summed E-state index contributed by atoms with van der Waals surface area (Å²) in [6.07, 6.45) is 0.701. The molecule has 2 rings (SSSR count). The van der Waals surface area contributed by atoms with E-state index in [0.717, 1.165) is 12.1 Å². The van der Waals surface area contributed by atoms with E-state index in [2.05, 4.69) is 0 Å². The van der Waals surface area contributed by atoms with Crippen molar-refractivity contribution in [3.63, 3.8) is 0 Å². The number of hydrogen-bond acceptors (Lipinski definition) is 2. The lowest BCUT2D eigenvalue weighted by Gasteiger charge is -2.22. The van der Waals surface area contributed by atoms with Crippen LogP contribution < -0.4 is 4.90 Å². The minimum absolute atomic E-state index is 0.0323. The molecule has 1 aliphatic carbocycles. The second-order valence-electron chi connectivity index (χ2n) is 4.53. The van der Waals surface area contributed by atoms with Gasteiger partial charge in [-0.15, -0.1) is 0 Å². The van der Waals surface area contributed by atoms with Crippen molar-refractivity contribution in [2.45, 2.75) is 18.3 Å². The number of nitrogens with zero attached hydrogens (tertiary/aromatic N) is 1. The third-order valence-corrected chi connectivity index (χ3v) is 3.16. The zero-order chi connectivity index (χ0) is 12.8. The Morgan fingerprint density at radius 1 is 1.29 bits per heavy atom. The normalized spacial score (nSPS) is 16.7. The van der Waals surface area contributed by atoms with Crippen molar-refractivity contribution in [3.8, 4) is 0 Å². The Hall–Kier alpha value is -1.65. The maximum Gasteiger partial charge on any atom is 0.314 e. The predicted octanol–water partition coefficient (Wildman–Crippen LogP) is 2.15. The van der Waals surface area contributed by atoms with Crippen molar-refractivity contribution in [1.82, 2.24) is 0 Å². The van der Waals surface area contributed by atoms with Crippen LogP contribution in [-0.2, 0) is 10.2 Å². The van der Waals surface area contributed by atoms with Gasteiger partial charge < -0.3 is 10.0 Å². The van der Waals surface area contributed by atoms with Crippen molar-refractivity contribution < 1.29 is 18.7 Å². The Kier molecular flexibility index (Phi) is 2.56. The summed E-state index contributed by atoms with van der Waals surface area (Å²) in [6, 6.07) is 2.01. The summed E-state index contributed by atoms with van der Waals surface area (Å²) >= 11 is 0. The second-order valence-corrected chi connectivity index (χ2v) is 4.53. The minimum atomic E-state index is -1.24. The topological polar surface area (TPSA) is 40.5 Å². The average molecular weight is 241 g/mol. The Bertz CT molecular complexity index is 482. The van der Waals surface area contributed by atoms with Gasteiger partial charge >= 0.3 is 5.97 Å². The molecule has 0 unspecified atom stereocenters. The number of anilines is 1. The second kappa shape index (κ2) is 3.68. The van der Waals surface area contributed by atoms with E-state index in [9.17, 15) is 18.7 Å². The summed E-state index contributed by atoms with van der Waals surface area (Å²) in [5.74, 6) is -2.35. The van der Waals surface area contributed by atoms with Crippen LogP contribution in [-0.4, -0.2) is 25.2 Å². The lowest BCUT2D eigenvalue weighted by molar-refractivity contribution is -0.140. The van der Waals surface area contributed by atoms with E-state index < -0.39 is 23.0 Å². The van der Waals surface area contributed by atoms with Crippen molar-refractivity contribution in [2.24, 2.45) is 0 Å². The first-order valence-electron chi connectivity index (χ1n) is 5.29. The molecular weight excluding hydrogens is 228 g/mol. The molecule has 17 heavy (non-hydrogen) atoms. The maximum absolute atomic E-state index is 13.8. The molecule has 0 aliphatic heterocycles. The molecule has 92 valence electrons. The molecule has 0 bridgehead atoms. The quantitative estimate of drug-likeness (QED) is 0.881. The maximum atomic E-state index is 13.8. The van der Waals surface area contributed by atoms with Gasteiger partial charge in [-0.25, -0.2) is 8.78 Å². The number of carboxylic acid groups (broad SMARTS) is 1. The molecule has 3 nitrogen and oxygen atoms in total. The number of carboxylic acids is 1. The highest BCUT2D eigenvalue weighted by molar-refractivity contribution is 5.87. The molecule has 1 fully saturated rings. The van der Waals surface area contributed by atoms with Crippen LogP contribution in [0, 0.1) is 11.6 Å². The molecule has 0 saturated heterocycles. The van der Waals surface area contributed by atoms with Crippen molar-refractivity contribution in [1.29, 1.82) is 0 Å². The predicted molar refractivity (Wildman–Crippen MR) is 59.2 cm³/mol. The molecular formula is C12H13F2NO2. The van der Waals surface area contributed by atoms with E-state index >= 15 is 0 Å². The van der Waals surface area contributed by atoms with Gasteiger partial charge in [0, 0.05) is 19.7 Å². The molecule has 1 aliphatic rings. The number of hydrogen-bond donors (Lipinski definition) is 1. The molecule has 0 aromatic heterocycles. The first-order valence-corrected chi connectivity index (χ1v) is 5.29. The van der Waals surface area contributed by atoms with E-state index in [1.807, 2.05) is 0 Å². The smallest absolute Gasteiger partial charge is 0.314 e. The first-order chi connectivity index (χ1) is 7.90. The summed E-state index contributed by atoms with van der Waals surface area (Å²) in [4.78, 5) is 12.6. The van der Waals surface area contributed by atoms with Crippen molar-refractivity contribution in [2.75, 3.05) is 19.0 Å². The lowest BCUT2D eigenvalue weighted by Crippen LogP contribution is -2.26. The van der Waals surface area contributed by atoms with Crippen LogP contribution in [0.25, 0.3) is 0 Å². The molecule has 1 saturated carbocycles. The molecule has 0 heterocycles. The van der Waals surface area contributed by atoms with E-state index in [1.54, 1.807) is 14.1 Å². The molecule has 0 radical (unpaired) electrons. The fourth-order valence-corrected chi connectivity index (χ4v) is 2.13. The summed E-state index contributed by atoms with van der Waals surface area (Å²) in [7, 11) is 3.14. The van der Waals surface area contributed by atoms with Gasteiger partial charge in [-0.1, -0.05) is 0 Å². The average Bonchev–Trinajstić information content (AvgIpc) is 3.01. The molecule has 1 N–H and O–H groups in total. The SMILES string of the molecule is CN(C)c1c(F)ccc(F)c1C1(C(=O)O)CC1. The largest absolute Gasteiger partial charge is 0.481 e. The molecule has 5 heteroatoms. The van der Waals surface area contributed by atoms with Crippen LogP contribution in [0.4, 0.5) is 14.5 Å². The minimum Gasteiger partial charge on any atom is -0.481 e. The van der Waals surface area contributed by atoms with Crippen LogP contribution in [0.15, 0.2) is 12.1 Å². The van der Waals surface area contributed by atoms with Gasteiger partial charge in [-0.05, 0) is 25.0 Å². The third kappa shape index (κ3) is 1.66. The fraction of sp³-hybridized carbons (Fsp3) is 0.417. The number of rotatable bonds is 3. The van der Waals surface area contributed by atoms with Gasteiger partial charge in [0.15, 0.2) is 0 Å². The zero-order valence-corrected chi connectivity index (χ0v) is 9.63. The van der Waals surface area contributed by atoms with Crippen LogP contribution in [0.2, 0.25) is 0 Å². The molecule has 1 aromatic rings. The number of halogens is 2. The summed E-state index contributed by atoms with van der Waals surface area (Å²) < 4.78 is 27.5. The number of aliphatic carboxylic acids is 1. The molecule has 0 spiro atoms. The number of benzene rings is 1. The van der Waals surface area contributed by atoms with E-state index in [1.165, 1.54) is 4.90 Å². The Morgan fingerprint density at radius 2 is 1.82 bits per heavy atom. The van der Waals surface area contributed by atoms with E-state index in [0.29, 0.717) is 12.8 Å². The Balaban J connectivity index is 2.68. The highest BCUT2D eigenvalue weighted by atomic mass is 19.1. The van der Waals surface area contributed by atoms with Gasteiger partial charge in [0.05, 0.1) is 11.1 Å². The Morgan fingerprint density at radius 3 is 2.24 bits per heavy atom. The van der Waals surface area contributed by atoms with Crippen molar-refractivity contribution >= 4 is 11.7 Å². The van der Waals surface area contributed by atoms with Gasteiger partial charge in [0.2, 0.25) is 0 Å². The van der Waals surface area contributed by atoms with Crippen LogP contribution in [0.5, 0.6) is 0 Å². The zero-order valence-electron chi connectivity index (χ0n) is 9.63. The monoisotopic (exact) mass is 241 g/mol. The summed E-state index contributed by atoms with van der Waals surface area (Å²) in [6.45, 7) is 0.